The number of sulfonamides is 1. The highest BCUT2D eigenvalue weighted by molar-refractivity contribution is 7.89. The number of morpholine rings is 1. The topological polar surface area (TPSA) is 83.0 Å². The minimum absolute atomic E-state index is 0.0220. The van der Waals surface area contributed by atoms with E-state index in [1.165, 1.54) is 35.6 Å². The molecule has 2 N–H and O–H groups in total. The minimum Gasteiger partial charge on any atom is -0.373 e. The Bertz CT molecular complexity index is 608. The molecule has 1 aliphatic heterocycles. The highest BCUT2D eigenvalue weighted by Crippen LogP contribution is 2.19. The Hall–Kier alpha value is -1.12. The van der Waals surface area contributed by atoms with Gasteiger partial charge in [-0.1, -0.05) is 11.6 Å². The number of aliphatic imine (C=N–C) groups is 1. The van der Waals surface area contributed by atoms with E-state index < -0.39 is 10.0 Å². The summed E-state index contributed by atoms with van der Waals surface area (Å²) < 4.78 is 32.3. The molecular formula is C19H36N4O3S. The molecule has 0 aromatic carbocycles. The number of hydrogen-bond acceptors (Lipinski definition) is 4. The van der Waals surface area contributed by atoms with Crippen molar-refractivity contribution in [3.05, 3.63) is 11.6 Å². The molecule has 0 amide bonds. The number of nitrogens with zero attached hydrogens (tertiary/aromatic N) is 2. The van der Waals surface area contributed by atoms with E-state index in [9.17, 15) is 8.42 Å². The Kier molecular flexibility index (Phi) is 9.05. The van der Waals surface area contributed by atoms with E-state index in [2.05, 4.69) is 21.7 Å². The van der Waals surface area contributed by atoms with Crippen molar-refractivity contribution < 1.29 is 13.2 Å². The number of ether oxygens (including phenoxy) is 1. The third-order valence-electron chi connectivity index (χ3n) is 4.87. The van der Waals surface area contributed by atoms with Gasteiger partial charge in [0.25, 0.3) is 0 Å². The Labute approximate surface area is 164 Å². The van der Waals surface area contributed by atoms with Gasteiger partial charge in [0.15, 0.2) is 5.96 Å². The van der Waals surface area contributed by atoms with Gasteiger partial charge in [0.1, 0.15) is 0 Å². The lowest BCUT2D eigenvalue weighted by Gasteiger charge is -2.34. The fraction of sp³-hybridized carbons (Fsp3) is 0.842. The SMILES string of the molecule is CCNC(=NCCS(=O)(=O)N1CC(C)OC(C)C1)NCCC1=CCCCC1. The molecule has 1 heterocycles. The quantitative estimate of drug-likeness (QED) is 0.369. The average molecular weight is 401 g/mol. The smallest absolute Gasteiger partial charge is 0.216 e. The van der Waals surface area contributed by atoms with Gasteiger partial charge in [-0.05, 0) is 52.9 Å². The first-order chi connectivity index (χ1) is 12.9. The Balaban J connectivity index is 1.81. The maximum absolute atomic E-state index is 12.6. The average Bonchev–Trinajstić information content (AvgIpc) is 2.62. The molecule has 2 unspecified atom stereocenters. The zero-order valence-corrected chi connectivity index (χ0v) is 17.9. The Morgan fingerprint density at radius 2 is 2.00 bits per heavy atom. The molecule has 0 aromatic rings. The molecule has 8 heteroatoms. The first-order valence-electron chi connectivity index (χ1n) is 10.2. The summed E-state index contributed by atoms with van der Waals surface area (Å²) in [6.07, 6.45) is 8.22. The summed E-state index contributed by atoms with van der Waals surface area (Å²) in [5.74, 6) is 0.710. The summed E-state index contributed by atoms with van der Waals surface area (Å²) in [6.45, 7) is 8.49. The maximum Gasteiger partial charge on any atom is 0.216 e. The maximum atomic E-state index is 12.6. The number of allylic oxidation sites excluding steroid dienone is 1. The molecule has 1 saturated heterocycles. The lowest BCUT2D eigenvalue weighted by Crippen LogP contribution is -2.49. The van der Waals surface area contributed by atoms with Crippen molar-refractivity contribution in [1.29, 1.82) is 0 Å². The van der Waals surface area contributed by atoms with Crippen LogP contribution in [0.3, 0.4) is 0 Å². The molecule has 7 nitrogen and oxygen atoms in total. The number of hydrogen-bond donors (Lipinski definition) is 2. The zero-order chi connectivity index (χ0) is 19.7. The van der Waals surface area contributed by atoms with Crippen LogP contribution in [0.4, 0.5) is 0 Å². The van der Waals surface area contributed by atoms with E-state index in [-0.39, 0.29) is 24.5 Å². The molecule has 0 bridgehead atoms. The summed E-state index contributed by atoms with van der Waals surface area (Å²) >= 11 is 0. The largest absolute Gasteiger partial charge is 0.373 e. The molecule has 0 radical (unpaired) electrons. The van der Waals surface area contributed by atoms with Crippen LogP contribution >= 0.6 is 0 Å². The highest BCUT2D eigenvalue weighted by atomic mass is 32.2. The van der Waals surface area contributed by atoms with Gasteiger partial charge < -0.3 is 15.4 Å². The molecule has 0 spiro atoms. The molecular weight excluding hydrogens is 364 g/mol. The fourth-order valence-electron chi connectivity index (χ4n) is 3.57. The fourth-order valence-corrected chi connectivity index (χ4v) is 5.03. The molecule has 2 rings (SSSR count). The Morgan fingerprint density at radius 3 is 2.63 bits per heavy atom. The van der Waals surface area contributed by atoms with Crippen LogP contribution in [-0.2, 0) is 14.8 Å². The summed E-state index contributed by atoms with van der Waals surface area (Å²) in [4.78, 5) is 4.45. The van der Waals surface area contributed by atoms with Crippen molar-refractivity contribution in [2.24, 2.45) is 4.99 Å². The molecule has 156 valence electrons. The van der Waals surface area contributed by atoms with E-state index in [0.717, 1.165) is 19.5 Å². The van der Waals surface area contributed by atoms with Crippen LogP contribution < -0.4 is 10.6 Å². The highest BCUT2D eigenvalue weighted by Gasteiger charge is 2.30. The minimum atomic E-state index is -3.32. The molecule has 0 saturated carbocycles. The van der Waals surface area contributed by atoms with Gasteiger partial charge in [-0.2, -0.15) is 4.31 Å². The van der Waals surface area contributed by atoms with Crippen molar-refractivity contribution in [2.45, 2.75) is 65.1 Å². The van der Waals surface area contributed by atoms with Crippen LogP contribution in [0, 0.1) is 0 Å². The second kappa shape index (κ2) is 11.0. The third kappa shape index (κ3) is 7.79. The van der Waals surface area contributed by atoms with Crippen LogP contribution in [0.25, 0.3) is 0 Å². The third-order valence-corrected chi connectivity index (χ3v) is 6.65. The second-order valence-electron chi connectivity index (χ2n) is 7.44. The standard InChI is InChI=1S/C19H36N4O3S/c1-4-20-19(21-11-10-18-8-6-5-7-9-18)22-12-13-27(24,25)23-14-16(2)26-17(3)15-23/h8,16-17H,4-7,9-15H2,1-3H3,(H2,20,21,22). The Morgan fingerprint density at radius 1 is 1.26 bits per heavy atom. The predicted octanol–water partition coefficient (Wildman–Crippen LogP) is 1.87. The van der Waals surface area contributed by atoms with Crippen molar-refractivity contribution >= 4 is 16.0 Å². The van der Waals surface area contributed by atoms with Gasteiger partial charge in [0.2, 0.25) is 10.0 Å². The van der Waals surface area contributed by atoms with Crippen LogP contribution in [0.2, 0.25) is 0 Å². The normalized spacial score (nSPS) is 25.1. The number of nitrogens with one attached hydrogen (secondary N) is 2. The van der Waals surface area contributed by atoms with E-state index in [0.29, 0.717) is 19.0 Å². The van der Waals surface area contributed by atoms with Gasteiger partial charge in [0, 0.05) is 26.2 Å². The van der Waals surface area contributed by atoms with E-state index >= 15 is 0 Å². The lowest BCUT2D eigenvalue weighted by atomic mass is 9.97. The zero-order valence-electron chi connectivity index (χ0n) is 17.0. The van der Waals surface area contributed by atoms with Crippen LogP contribution in [0.5, 0.6) is 0 Å². The summed E-state index contributed by atoms with van der Waals surface area (Å²) in [6, 6.07) is 0. The van der Waals surface area contributed by atoms with Crippen LogP contribution in [0.15, 0.2) is 16.6 Å². The van der Waals surface area contributed by atoms with Crippen molar-refractivity contribution in [3.8, 4) is 0 Å². The predicted molar refractivity (Wildman–Crippen MR) is 111 cm³/mol. The van der Waals surface area contributed by atoms with Gasteiger partial charge in [-0.3, -0.25) is 4.99 Å². The van der Waals surface area contributed by atoms with Crippen molar-refractivity contribution in [2.75, 3.05) is 38.5 Å². The number of guanidine groups is 1. The van der Waals surface area contributed by atoms with Gasteiger partial charge >= 0.3 is 0 Å². The van der Waals surface area contributed by atoms with Crippen LogP contribution in [-0.4, -0.2) is 69.4 Å². The molecule has 2 aliphatic rings. The first-order valence-corrected chi connectivity index (χ1v) is 11.8. The lowest BCUT2D eigenvalue weighted by molar-refractivity contribution is -0.0440. The molecule has 1 aliphatic carbocycles. The van der Waals surface area contributed by atoms with E-state index in [4.69, 9.17) is 4.74 Å². The number of rotatable bonds is 8. The van der Waals surface area contributed by atoms with E-state index in [1.807, 2.05) is 20.8 Å². The van der Waals surface area contributed by atoms with E-state index in [1.54, 1.807) is 0 Å². The summed E-state index contributed by atoms with van der Waals surface area (Å²) in [5, 5.41) is 6.51. The molecule has 1 fully saturated rings. The molecule has 0 aromatic heterocycles. The first kappa shape index (κ1) is 22.2. The molecule has 2 atom stereocenters. The summed E-state index contributed by atoms with van der Waals surface area (Å²) in [7, 11) is -3.32. The van der Waals surface area contributed by atoms with Crippen molar-refractivity contribution in [3.63, 3.8) is 0 Å². The van der Waals surface area contributed by atoms with Crippen molar-refractivity contribution in [1.82, 2.24) is 14.9 Å². The van der Waals surface area contributed by atoms with Gasteiger partial charge in [0.05, 0.1) is 24.5 Å². The van der Waals surface area contributed by atoms with Gasteiger partial charge in [-0.15, -0.1) is 0 Å². The second-order valence-corrected chi connectivity index (χ2v) is 9.52. The monoisotopic (exact) mass is 400 g/mol. The molecule has 27 heavy (non-hydrogen) atoms. The summed E-state index contributed by atoms with van der Waals surface area (Å²) in [5.41, 5.74) is 1.52. The van der Waals surface area contributed by atoms with Gasteiger partial charge in [-0.25, -0.2) is 8.42 Å². The van der Waals surface area contributed by atoms with Crippen LogP contribution in [0.1, 0.15) is 52.9 Å².